The number of imide groups is 1. The zero-order valence-corrected chi connectivity index (χ0v) is 19.1. The van der Waals surface area contributed by atoms with Crippen LogP contribution in [-0.2, 0) is 4.79 Å². The van der Waals surface area contributed by atoms with Gasteiger partial charge in [-0.05, 0) is 107 Å². The maximum atomic E-state index is 12.7. The van der Waals surface area contributed by atoms with E-state index in [4.69, 9.17) is 0 Å². The lowest BCUT2D eigenvalue weighted by Gasteiger charge is -2.50. The van der Waals surface area contributed by atoms with Crippen LogP contribution in [0.5, 0.6) is 0 Å². The maximum Gasteiger partial charge on any atom is 0.293 e. The SMILES string of the molecule is Cc1cc2c(cc1/C=C1\SC(=O)N(C(C)C)C1=O)[C@H](C)CC(C)(C)N2C(C)C. The molecule has 2 aliphatic rings. The smallest absolute Gasteiger partial charge is 0.293 e. The van der Waals surface area contributed by atoms with Crippen LogP contribution in [0.1, 0.15) is 77.5 Å². The second kappa shape index (κ2) is 7.25. The van der Waals surface area contributed by atoms with E-state index in [-0.39, 0.29) is 22.7 Å². The van der Waals surface area contributed by atoms with Crippen molar-refractivity contribution in [3.05, 3.63) is 33.7 Å². The number of rotatable bonds is 3. The molecule has 0 saturated carbocycles. The molecule has 0 bridgehead atoms. The lowest BCUT2D eigenvalue weighted by Crippen LogP contribution is -2.51. The average molecular weight is 401 g/mol. The number of carbonyl (C=O) groups excluding carboxylic acids is 2. The van der Waals surface area contributed by atoms with Crippen molar-refractivity contribution in [1.29, 1.82) is 0 Å². The van der Waals surface area contributed by atoms with Crippen molar-refractivity contribution in [2.24, 2.45) is 0 Å². The molecule has 1 fully saturated rings. The van der Waals surface area contributed by atoms with Gasteiger partial charge in [-0.1, -0.05) is 6.92 Å². The van der Waals surface area contributed by atoms with Gasteiger partial charge in [0.2, 0.25) is 0 Å². The van der Waals surface area contributed by atoms with Gasteiger partial charge in [-0.3, -0.25) is 14.5 Å². The molecule has 2 amide bonds. The third kappa shape index (κ3) is 3.49. The molecule has 152 valence electrons. The molecule has 4 nitrogen and oxygen atoms in total. The molecule has 1 aromatic carbocycles. The average Bonchev–Trinajstić information content (AvgIpc) is 2.81. The summed E-state index contributed by atoms with van der Waals surface area (Å²) in [7, 11) is 0. The molecule has 2 heterocycles. The van der Waals surface area contributed by atoms with Crippen molar-refractivity contribution in [1.82, 2.24) is 4.90 Å². The van der Waals surface area contributed by atoms with E-state index in [0.29, 0.717) is 16.9 Å². The van der Waals surface area contributed by atoms with Crippen LogP contribution >= 0.6 is 11.8 Å². The van der Waals surface area contributed by atoms with Gasteiger partial charge in [0.1, 0.15) is 0 Å². The number of anilines is 1. The van der Waals surface area contributed by atoms with Gasteiger partial charge in [0.15, 0.2) is 0 Å². The highest BCUT2D eigenvalue weighted by Crippen LogP contribution is 2.46. The molecule has 0 radical (unpaired) electrons. The fraction of sp³-hybridized carbons (Fsp3) is 0.565. The molecule has 5 heteroatoms. The van der Waals surface area contributed by atoms with Gasteiger partial charge in [0.05, 0.1) is 4.91 Å². The van der Waals surface area contributed by atoms with E-state index in [1.54, 1.807) is 0 Å². The van der Waals surface area contributed by atoms with Gasteiger partial charge < -0.3 is 4.90 Å². The van der Waals surface area contributed by atoms with Crippen LogP contribution in [0.25, 0.3) is 6.08 Å². The predicted octanol–water partition coefficient (Wildman–Crippen LogP) is 5.94. The largest absolute Gasteiger partial charge is 0.364 e. The van der Waals surface area contributed by atoms with Gasteiger partial charge in [-0.15, -0.1) is 0 Å². The fourth-order valence-electron chi connectivity index (χ4n) is 4.81. The van der Waals surface area contributed by atoms with Gasteiger partial charge in [-0.25, -0.2) is 0 Å². The quantitative estimate of drug-likeness (QED) is 0.589. The van der Waals surface area contributed by atoms with Crippen LogP contribution in [0.15, 0.2) is 17.0 Å². The highest BCUT2D eigenvalue weighted by molar-refractivity contribution is 8.18. The van der Waals surface area contributed by atoms with E-state index in [9.17, 15) is 9.59 Å². The van der Waals surface area contributed by atoms with Crippen molar-refractivity contribution >= 4 is 34.7 Å². The van der Waals surface area contributed by atoms with Crippen molar-refractivity contribution in [3.63, 3.8) is 0 Å². The molecule has 3 rings (SSSR count). The molecule has 0 aromatic heterocycles. The third-order valence-electron chi connectivity index (χ3n) is 5.81. The Hall–Kier alpha value is -1.75. The summed E-state index contributed by atoms with van der Waals surface area (Å²) >= 11 is 1.05. The Labute approximate surface area is 173 Å². The van der Waals surface area contributed by atoms with E-state index in [1.165, 1.54) is 16.2 Å². The number of aryl methyl sites for hydroxylation is 1. The zero-order chi connectivity index (χ0) is 21.0. The number of nitrogens with zero attached hydrogens (tertiary/aromatic N) is 2. The summed E-state index contributed by atoms with van der Waals surface area (Å²) < 4.78 is 0. The van der Waals surface area contributed by atoms with E-state index < -0.39 is 0 Å². The van der Waals surface area contributed by atoms with Crippen LogP contribution in [0.4, 0.5) is 10.5 Å². The van der Waals surface area contributed by atoms with E-state index >= 15 is 0 Å². The Morgan fingerprint density at radius 2 is 1.79 bits per heavy atom. The number of hydrogen-bond acceptors (Lipinski definition) is 4. The Bertz CT molecular complexity index is 854. The first kappa shape index (κ1) is 21.0. The second-order valence-electron chi connectivity index (χ2n) is 9.29. The molecule has 0 aliphatic carbocycles. The predicted molar refractivity (Wildman–Crippen MR) is 119 cm³/mol. The first-order chi connectivity index (χ1) is 12.9. The van der Waals surface area contributed by atoms with E-state index in [0.717, 1.165) is 29.3 Å². The molecule has 0 unspecified atom stereocenters. The van der Waals surface area contributed by atoms with Crippen molar-refractivity contribution in [2.75, 3.05) is 4.90 Å². The molecule has 0 spiro atoms. The molecular formula is C23H32N2O2S. The first-order valence-electron chi connectivity index (χ1n) is 10.1. The second-order valence-corrected chi connectivity index (χ2v) is 10.3. The monoisotopic (exact) mass is 400 g/mol. The highest BCUT2D eigenvalue weighted by Gasteiger charge is 2.39. The van der Waals surface area contributed by atoms with Crippen molar-refractivity contribution < 1.29 is 9.59 Å². The third-order valence-corrected chi connectivity index (χ3v) is 6.69. The summed E-state index contributed by atoms with van der Waals surface area (Å²) in [6.07, 6.45) is 2.99. The minimum atomic E-state index is -0.180. The molecular weight excluding hydrogens is 368 g/mol. The first-order valence-corrected chi connectivity index (χ1v) is 11.0. The van der Waals surface area contributed by atoms with Crippen LogP contribution in [0.2, 0.25) is 0 Å². The van der Waals surface area contributed by atoms with Gasteiger partial charge in [0.25, 0.3) is 11.1 Å². The summed E-state index contributed by atoms with van der Waals surface area (Å²) in [5.41, 5.74) is 4.89. The Morgan fingerprint density at radius 3 is 2.32 bits per heavy atom. The van der Waals surface area contributed by atoms with Crippen LogP contribution in [-0.4, -0.2) is 33.7 Å². The van der Waals surface area contributed by atoms with E-state index in [1.807, 2.05) is 19.9 Å². The minimum Gasteiger partial charge on any atom is -0.364 e. The molecule has 0 N–H and O–H groups in total. The standard InChI is InChI=1S/C23H32N2O2S/c1-13(2)24-21(26)20(28-22(24)27)11-17-10-18-16(6)12-23(7,8)25(14(3)4)19(18)9-15(17)5/h9-11,13-14,16H,12H2,1-8H3/b20-11-/t16-/m1/s1. The Balaban J connectivity index is 2.06. The minimum absolute atomic E-state index is 0.106. The molecule has 2 aliphatic heterocycles. The lowest BCUT2D eigenvalue weighted by molar-refractivity contribution is -0.123. The number of thioether (sulfide) groups is 1. The van der Waals surface area contributed by atoms with Gasteiger partial charge in [0, 0.05) is 23.3 Å². The molecule has 1 saturated heterocycles. The van der Waals surface area contributed by atoms with Crippen molar-refractivity contribution in [2.45, 2.75) is 85.4 Å². The van der Waals surface area contributed by atoms with Crippen LogP contribution < -0.4 is 4.90 Å². The number of fused-ring (bicyclic) bond motifs is 1. The van der Waals surface area contributed by atoms with Crippen molar-refractivity contribution in [3.8, 4) is 0 Å². The summed E-state index contributed by atoms with van der Waals surface area (Å²) in [4.78, 5) is 29.2. The fourth-order valence-corrected chi connectivity index (χ4v) is 5.76. The number of hydrogen-bond donors (Lipinski definition) is 0. The highest BCUT2D eigenvalue weighted by atomic mass is 32.2. The number of carbonyl (C=O) groups is 2. The normalized spacial score (nSPS) is 23.4. The summed E-state index contributed by atoms with van der Waals surface area (Å²) in [6, 6.07) is 4.77. The maximum absolute atomic E-state index is 12.7. The summed E-state index contributed by atoms with van der Waals surface area (Å²) in [5, 5.41) is -0.178. The molecule has 1 atom stereocenters. The van der Waals surface area contributed by atoms with Crippen LogP contribution in [0, 0.1) is 6.92 Å². The van der Waals surface area contributed by atoms with E-state index in [2.05, 4.69) is 58.6 Å². The summed E-state index contributed by atoms with van der Waals surface area (Å²) in [6.45, 7) is 17.2. The van der Waals surface area contributed by atoms with Crippen LogP contribution in [0.3, 0.4) is 0 Å². The summed E-state index contributed by atoms with van der Waals surface area (Å²) in [5.74, 6) is 0.263. The van der Waals surface area contributed by atoms with Gasteiger partial charge in [-0.2, -0.15) is 0 Å². The zero-order valence-electron chi connectivity index (χ0n) is 18.3. The Kier molecular flexibility index (Phi) is 5.43. The Morgan fingerprint density at radius 1 is 1.14 bits per heavy atom. The number of amides is 2. The van der Waals surface area contributed by atoms with Gasteiger partial charge >= 0.3 is 0 Å². The molecule has 28 heavy (non-hydrogen) atoms. The molecule has 1 aromatic rings. The lowest BCUT2D eigenvalue weighted by atomic mass is 9.78. The topological polar surface area (TPSA) is 40.6 Å². The number of benzene rings is 1.